The molecule has 0 radical (unpaired) electrons. The third kappa shape index (κ3) is 0.395. The first-order valence-corrected chi connectivity index (χ1v) is 2.98. The molecule has 0 aromatic carbocycles. The van der Waals surface area contributed by atoms with E-state index in [0.717, 1.165) is 5.92 Å². The number of fused-ring (bicyclic) bond motifs is 2. The van der Waals surface area contributed by atoms with Crippen LogP contribution in [0.5, 0.6) is 0 Å². The minimum absolute atomic E-state index is 0.954. The van der Waals surface area contributed by atoms with Gasteiger partial charge in [0.25, 0.3) is 0 Å². The molecule has 1 fully saturated rings. The molecule has 2 rings (SSSR count). The van der Waals surface area contributed by atoms with Crippen molar-refractivity contribution in [1.82, 2.24) is 0 Å². The maximum Gasteiger partial charge on any atom is 0.0926 e. The molecule has 0 aromatic heterocycles. The summed E-state index contributed by atoms with van der Waals surface area (Å²) in [5.41, 5.74) is 1.69. The van der Waals surface area contributed by atoms with Crippen molar-refractivity contribution in [1.29, 1.82) is 0 Å². The van der Waals surface area contributed by atoms with E-state index in [1.54, 1.807) is 5.57 Å². The Morgan fingerprint density at radius 3 is 2.86 bits per heavy atom. The standard InChI is InChI=1S/C7H9/c1-2-7-4-3-6(1)5-7/h1-2,6H,3-5H2/q+1. The molecule has 0 N–H and O–H groups in total. The monoisotopic (exact) mass is 93.1 g/mol. The van der Waals surface area contributed by atoms with Crippen LogP contribution in [0.15, 0.2) is 11.6 Å². The van der Waals surface area contributed by atoms with Gasteiger partial charge in [0.15, 0.2) is 0 Å². The Morgan fingerprint density at radius 2 is 2.71 bits per heavy atom. The Hall–Kier alpha value is -0.390. The van der Waals surface area contributed by atoms with Crippen molar-refractivity contribution >= 4 is 0 Å². The fourth-order valence-corrected chi connectivity index (χ4v) is 1.50. The number of hydrogen-bond donors (Lipinski definition) is 0. The normalized spacial score (nSPS) is 35.4. The van der Waals surface area contributed by atoms with Crippen molar-refractivity contribution in [2.24, 2.45) is 5.92 Å². The summed E-state index contributed by atoms with van der Waals surface area (Å²) in [7, 11) is 0. The molecule has 36 valence electrons. The van der Waals surface area contributed by atoms with Gasteiger partial charge < -0.3 is 0 Å². The van der Waals surface area contributed by atoms with Gasteiger partial charge in [-0.15, -0.1) is 0 Å². The molecule has 1 atom stereocenters. The maximum absolute atomic E-state index is 2.35. The molecule has 7 heavy (non-hydrogen) atoms. The number of allylic oxidation sites excluding steroid dienone is 2. The van der Waals surface area contributed by atoms with Crippen LogP contribution in [0.2, 0.25) is 0 Å². The Kier molecular flexibility index (Phi) is 0.543. The SMILES string of the molecule is C1=C2CCC([CH+]1)C2. The second kappa shape index (κ2) is 1.06. The summed E-state index contributed by atoms with van der Waals surface area (Å²) in [4.78, 5) is 0. The van der Waals surface area contributed by atoms with E-state index in [2.05, 4.69) is 12.5 Å². The predicted molar refractivity (Wildman–Crippen MR) is 29.7 cm³/mol. The highest BCUT2D eigenvalue weighted by molar-refractivity contribution is 5.23. The summed E-state index contributed by atoms with van der Waals surface area (Å²) in [6, 6.07) is 0. The molecule has 0 nitrogen and oxygen atoms in total. The molecule has 0 heteroatoms. The Labute approximate surface area is 44.2 Å². The third-order valence-electron chi connectivity index (χ3n) is 1.96. The van der Waals surface area contributed by atoms with E-state index < -0.39 is 0 Å². The zero-order chi connectivity index (χ0) is 4.69. The first-order valence-electron chi connectivity index (χ1n) is 2.98. The third-order valence-corrected chi connectivity index (χ3v) is 1.96. The lowest BCUT2D eigenvalue weighted by molar-refractivity contribution is 0.667. The van der Waals surface area contributed by atoms with Crippen LogP contribution >= 0.6 is 0 Å². The van der Waals surface area contributed by atoms with Gasteiger partial charge in [-0.2, -0.15) is 0 Å². The van der Waals surface area contributed by atoms with Gasteiger partial charge in [-0.05, 0) is 6.42 Å². The summed E-state index contributed by atoms with van der Waals surface area (Å²) in [5.74, 6) is 0.954. The van der Waals surface area contributed by atoms with Crippen LogP contribution < -0.4 is 0 Å². The van der Waals surface area contributed by atoms with Crippen LogP contribution in [0, 0.1) is 12.3 Å². The summed E-state index contributed by atoms with van der Waals surface area (Å²) in [5, 5.41) is 0. The topological polar surface area (TPSA) is 0 Å². The second-order valence-electron chi connectivity index (χ2n) is 2.52. The van der Waals surface area contributed by atoms with E-state index in [9.17, 15) is 0 Å². The Balaban J connectivity index is 2.30. The van der Waals surface area contributed by atoms with Crippen LogP contribution in [0.3, 0.4) is 0 Å². The Bertz CT molecular complexity index is 111. The van der Waals surface area contributed by atoms with Crippen LogP contribution in [0.25, 0.3) is 0 Å². The van der Waals surface area contributed by atoms with Crippen molar-refractivity contribution in [3.63, 3.8) is 0 Å². The number of rotatable bonds is 0. The molecule has 0 spiro atoms. The van der Waals surface area contributed by atoms with E-state index in [1.807, 2.05) is 0 Å². The van der Waals surface area contributed by atoms with Gasteiger partial charge in [0.1, 0.15) is 0 Å². The van der Waals surface area contributed by atoms with E-state index in [1.165, 1.54) is 19.3 Å². The summed E-state index contributed by atoms with van der Waals surface area (Å²) in [6.45, 7) is 0. The van der Waals surface area contributed by atoms with Gasteiger partial charge in [-0.1, -0.05) is 0 Å². The lowest BCUT2D eigenvalue weighted by Crippen LogP contribution is -1.86. The molecular weight excluding hydrogens is 84.1 g/mol. The number of hydrogen-bond acceptors (Lipinski definition) is 0. The van der Waals surface area contributed by atoms with Gasteiger partial charge in [-0.25, -0.2) is 0 Å². The molecule has 0 saturated heterocycles. The highest BCUT2D eigenvalue weighted by atomic mass is 14.3. The second-order valence-corrected chi connectivity index (χ2v) is 2.52. The quantitative estimate of drug-likeness (QED) is 0.401. The van der Waals surface area contributed by atoms with E-state index in [0.29, 0.717) is 0 Å². The van der Waals surface area contributed by atoms with Crippen LogP contribution in [-0.2, 0) is 0 Å². The summed E-state index contributed by atoms with van der Waals surface area (Å²) >= 11 is 0. The Morgan fingerprint density at radius 1 is 1.71 bits per heavy atom. The average molecular weight is 93.1 g/mol. The molecule has 2 aliphatic carbocycles. The minimum Gasteiger partial charge on any atom is -0.00545 e. The van der Waals surface area contributed by atoms with E-state index >= 15 is 0 Å². The average Bonchev–Trinajstić information content (AvgIpc) is 2.22. The van der Waals surface area contributed by atoms with Crippen LogP contribution in [0.4, 0.5) is 0 Å². The minimum atomic E-state index is 0.954. The molecule has 2 bridgehead atoms. The molecule has 1 unspecified atom stereocenters. The molecule has 0 heterocycles. The smallest absolute Gasteiger partial charge is 0.00545 e. The fourth-order valence-electron chi connectivity index (χ4n) is 1.50. The summed E-state index contributed by atoms with van der Waals surface area (Å²) < 4.78 is 0. The molecule has 0 aromatic rings. The molecular formula is C7H9+. The lowest BCUT2D eigenvalue weighted by atomic mass is 10.1. The van der Waals surface area contributed by atoms with Gasteiger partial charge >= 0.3 is 0 Å². The maximum atomic E-state index is 2.35. The van der Waals surface area contributed by atoms with E-state index in [-0.39, 0.29) is 0 Å². The van der Waals surface area contributed by atoms with Gasteiger partial charge in [0.2, 0.25) is 0 Å². The van der Waals surface area contributed by atoms with Crippen LogP contribution in [-0.4, -0.2) is 0 Å². The summed E-state index contributed by atoms with van der Waals surface area (Å²) in [6.07, 6.45) is 8.86. The van der Waals surface area contributed by atoms with Crippen molar-refractivity contribution in [3.05, 3.63) is 18.1 Å². The largest absolute Gasteiger partial charge is 0.0926 e. The molecule has 2 aliphatic rings. The lowest BCUT2D eigenvalue weighted by Gasteiger charge is -1.90. The zero-order valence-corrected chi connectivity index (χ0v) is 4.35. The highest BCUT2D eigenvalue weighted by Crippen LogP contribution is 2.38. The van der Waals surface area contributed by atoms with Gasteiger partial charge in [-0.3, -0.25) is 0 Å². The zero-order valence-electron chi connectivity index (χ0n) is 4.35. The van der Waals surface area contributed by atoms with Crippen molar-refractivity contribution in [2.45, 2.75) is 19.3 Å². The predicted octanol–water partition coefficient (Wildman–Crippen LogP) is 1.93. The van der Waals surface area contributed by atoms with Crippen molar-refractivity contribution < 1.29 is 0 Å². The fraction of sp³-hybridized carbons (Fsp3) is 0.571. The van der Waals surface area contributed by atoms with Crippen LogP contribution in [0.1, 0.15) is 19.3 Å². The first kappa shape index (κ1) is 3.59. The first-order chi connectivity index (χ1) is 3.45. The van der Waals surface area contributed by atoms with Crippen molar-refractivity contribution in [3.8, 4) is 0 Å². The van der Waals surface area contributed by atoms with Crippen molar-refractivity contribution in [2.75, 3.05) is 0 Å². The van der Waals surface area contributed by atoms with E-state index in [4.69, 9.17) is 0 Å². The molecule has 0 aliphatic heterocycles. The highest BCUT2D eigenvalue weighted by Gasteiger charge is 2.32. The molecule has 1 saturated carbocycles. The molecule has 0 amide bonds. The van der Waals surface area contributed by atoms with Gasteiger partial charge in [0, 0.05) is 12.8 Å². The van der Waals surface area contributed by atoms with Gasteiger partial charge in [0.05, 0.1) is 24.0 Å².